The normalized spacial score (nSPS) is 17.3. The van der Waals surface area contributed by atoms with Crippen LogP contribution in [0.5, 0.6) is 0 Å². The second-order valence-electron chi connectivity index (χ2n) is 9.12. The number of carbonyl (C=O) groups is 1. The van der Waals surface area contributed by atoms with E-state index in [2.05, 4.69) is 20.2 Å². The van der Waals surface area contributed by atoms with Crippen LogP contribution in [0.4, 0.5) is 11.6 Å². The molecule has 0 atom stereocenters. The Morgan fingerprint density at radius 1 is 0.971 bits per heavy atom. The van der Waals surface area contributed by atoms with Crippen molar-refractivity contribution >= 4 is 29.1 Å². The summed E-state index contributed by atoms with van der Waals surface area (Å²) in [6.45, 7) is 6.47. The van der Waals surface area contributed by atoms with Gasteiger partial charge in [0.25, 0.3) is 5.91 Å². The molecule has 35 heavy (non-hydrogen) atoms. The molecule has 2 fully saturated rings. The first-order valence-corrected chi connectivity index (χ1v) is 12.6. The van der Waals surface area contributed by atoms with Crippen LogP contribution in [0.25, 0.3) is 11.3 Å². The molecule has 7 nitrogen and oxygen atoms in total. The second-order valence-corrected chi connectivity index (χ2v) is 9.56. The van der Waals surface area contributed by atoms with E-state index >= 15 is 0 Å². The van der Waals surface area contributed by atoms with Crippen LogP contribution in [0.2, 0.25) is 5.02 Å². The Hall–Kier alpha value is -3.00. The van der Waals surface area contributed by atoms with E-state index in [-0.39, 0.29) is 5.91 Å². The van der Waals surface area contributed by atoms with Gasteiger partial charge in [-0.25, -0.2) is 9.97 Å². The number of halogens is 1. The van der Waals surface area contributed by atoms with Crippen molar-refractivity contribution in [2.24, 2.45) is 5.92 Å². The highest BCUT2D eigenvalue weighted by atomic mass is 35.5. The van der Waals surface area contributed by atoms with Crippen molar-refractivity contribution in [1.82, 2.24) is 19.8 Å². The fourth-order valence-electron chi connectivity index (χ4n) is 4.68. The van der Waals surface area contributed by atoms with Crippen molar-refractivity contribution in [3.8, 4) is 11.3 Å². The van der Waals surface area contributed by atoms with Crippen LogP contribution in [0.3, 0.4) is 0 Å². The van der Waals surface area contributed by atoms with Crippen LogP contribution in [0.15, 0.2) is 60.8 Å². The molecule has 1 amide bonds. The number of morpholine rings is 1. The third-order valence-corrected chi connectivity index (χ3v) is 6.96. The van der Waals surface area contributed by atoms with Gasteiger partial charge >= 0.3 is 0 Å². The summed E-state index contributed by atoms with van der Waals surface area (Å²) < 4.78 is 5.45. The monoisotopic (exact) mass is 491 g/mol. The van der Waals surface area contributed by atoms with E-state index in [1.54, 1.807) is 6.20 Å². The molecule has 3 heterocycles. The fourth-order valence-corrected chi connectivity index (χ4v) is 4.80. The van der Waals surface area contributed by atoms with Crippen molar-refractivity contribution < 1.29 is 9.53 Å². The lowest BCUT2D eigenvalue weighted by Crippen LogP contribution is -2.44. The van der Waals surface area contributed by atoms with E-state index in [9.17, 15) is 4.79 Å². The van der Waals surface area contributed by atoms with Gasteiger partial charge in [-0.15, -0.1) is 0 Å². The fraction of sp³-hybridized carbons (Fsp3) is 0.370. The average Bonchev–Trinajstić information content (AvgIpc) is 2.90. The van der Waals surface area contributed by atoms with Crippen LogP contribution >= 0.6 is 11.6 Å². The highest BCUT2D eigenvalue weighted by Crippen LogP contribution is 2.23. The molecule has 1 N–H and O–H groups in total. The quantitative estimate of drug-likeness (QED) is 0.537. The predicted octanol–water partition coefficient (Wildman–Crippen LogP) is 4.73. The maximum Gasteiger partial charge on any atom is 0.253 e. The predicted molar refractivity (Wildman–Crippen MR) is 138 cm³/mol. The third-order valence-electron chi connectivity index (χ3n) is 6.71. The summed E-state index contributed by atoms with van der Waals surface area (Å²) in [6.07, 6.45) is 3.84. The minimum atomic E-state index is 0.0994. The number of anilines is 2. The van der Waals surface area contributed by atoms with E-state index in [4.69, 9.17) is 16.3 Å². The molecular weight excluding hydrogens is 462 g/mol. The number of ether oxygens (including phenoxy) is 1. The number of aromatic nitrogens is 2. The topological polar surface area (TPSA) is 70.6 Å². The molecule has 3 aromatic rings. The minimum Gasteiger partial charge on any atom is -0.379 e. The number of piperidine rings is 1. The number of amides is 1. The van der Waals surface area contributed by atoms with Crippen LogP contribution in [-0.2, 0) is 4.74 Å². The number of hydrogen-bond acceptors (Lipinski definition) is 6. The molecule has 2 aromatic carbocycles. The maximum atomic E-state index is 13.0. The molecule has 0 spiro atoms. The number of rotatable bonds is 6. The zero-order valence-electron chi connectivity index (χ0n) is 19.7. The molecule has 182 valence electrons. The van der Waals surface area contributed by atoms with E-state index in [0.717, 1.165) is 75.7 Å². The van der Waals surface area contributed by atoms with Crippen molar-refractivity contribution in [3.05, 3.63) is 71.4 Å². The summed E-state index contributed by atoms with van der Waals surface area (Å²) in [4.78, 5) is 26.4. The summed E-state index contributed by atoms with van der Waals surface area (Å²) in [5, 5.41) is 3.92. The van der Waals surface area contributed by atoms with E-state index in [1.165, 1.54) is 0 Å². The first-order valence-electron chi connectivity index (χ1n) is 12.2. The molecule has 0 unspecified atom stereocenters. The molecule has 8 heteroatoms. The molecule has 0 bridgehead atoms. The second kappa shape index (κ2) is 11.2. The standard InChI is InChI=1S/C27H30ClN5O2/c28-23-5-1-21(2-6-23)25-9-12-29-27(31-25)30-24-7-3-22(4-8-24)26(34)33-13-10-20(11-14-33)19-32-15-17-35-18-16-32/h1-9,12,20H,10-11,13-19H2,(H,29,30,31). The van der Waals surface area contributed by atoms with E-state index < -0.39 is 0 Å². The highest BCUT2D eigenvalue weighted by molar-refractivity contribution is 6.30. The van der Waals surface area contributed by atoms with Crippen LogP contribution in [0, 0.1) is 5.92 Å². The van der Waals surface area contributed by atoms with Gasteiger partial charge in [0.1, 0.15) is 0 Å². The smallest absolute Gasteiger partial charge is 0.253 e. The van der Waals surface area contributed by atoms with Gasteiger partial charge in [0.15, 0.2) is 0 Å². The average molecular weight is 492 g/mol. The number of likely N-dealkylation sites (tertiary alicyclic amines) is 1. The largest absolute Gasteiger partial charge is 0.379 e. The molecule has 2 aliphatic rings. The Kier molecular flexibility index (Phi) is 7.57. The van der Waals surface area contributed by atoms with Gasteiger partial charge in [-0.3, -0.25) is 9.69 Å². The first kappa shape index (κ1) is 23.7. The summed E-state index contributed by atoms with van der Waals surface area (Å²) in [6, 6.07) is 16.9. The third kappa shape index (κ3) is 6.17. The maximum absolute atomic E-state index is 13.0. The van der Waals surface area contributed by atoms with Crippen molar-refractivity contribution in [1.29, 1.82) is 0 Å². The Labute approximate surface area is 211 Å². The molecule has 1 aromatic heterocycles. The van der Waals surface area contributed by atoms with Crippen LogP contribution in [-0.4, -0.2) is 71.6 Å². The van der Waals surface area contributed by atoms with E-state index in [0.29, 0.717) is 22.5 Å². The summed E-state index contributed by atoms with van der Waals surface area (Å²) in [7, 11) is 0. The molecule has 2 saturated heterocycles. The molecule has 0 radical (unpaired) electrons. The Bertz CT molecular complexity index is 1130. The van der Waals surface area contributed by atoms with Gasteiger partial charge in [0.05, 0.1) is 18.9 Å². The zero-order chi connectivity index (χ0) is 24.0. The Morgan fingerprint density at radius 3 is 2.40 bits per heavy atom. The van der Waals surface area contributed by atoms with Gasteiger partial charge in [0, 0.05) is 60.8 Å². The van der Waals surface area contributed by atoms with Gasteiger partial charge in [-0.2, -0.15) is 0 Å². The van der Waals surface area contributed by atoms with Gasteiger partial charge in [0.2, 0.25) is 5.95 Å². The number of benzene rings is 2. The van der Waals surface area contributed by atoms with Crippen LogP contribution in [0.1, 0.15) is 23.2 Å². The van der Waals surface area contributed by atoms with E-state index in [1.807, 2.05) is 59.5 Å². The number of carbonyl (C=O) groups excluding carboxylic acids is 1. The number of nitrogens with one attached hydrogen (secondary N) is 1. The summed E-state index contributed by atoms with van der Waals surface area (Å²) in [5.74, 6) is 1.26. The van der Waals surface area contributed by atoms with Gasteiger partial charge in [-0.1, -0.05) is 23.7 Å². The van der Waals surface area contributed by atoms with Gasteiger partial charge in [-0.05, 0) is 61.2 Å². The Balaban J connectivity index is 1.15. The molecule has 2 aliphatic heterocycles. The number of hydrogen-bond donors (Lipinski definition) is 1. The van der Waals surface area contributed by atoms with Crippen molar-refractivity contribution in [2.45, 2.75) is 12.8 Å². The summed E-state index contributed by atoms with van der Waals surface area (Å²) in [5.41, 5.74) is 3.31. The molecule has 0 saturated carbocycles. The SMILES string of the molecule is O=C(c1ccc(Nc2nccc(-c3ccc(Cl)cc3)n2)cc1)N1CCC(CN2CCOCC2)CC1. The lowest BCUT2D eigenvalue weighted by Gasteiger charge is -2.36. The highest BCUT2D eigenvalue weighted by Gasteiger charge is 2.25. The molecule has 5 rings (SSSR count). The van der Waals surface area contributed by atoms with Crippen molar-refractivity contribution in [2.75, 3.05) is 51.3 Å². The van der Waals surface area contributed by atoms with Crippen LogP contribution < -0.4 is 5.32 Å². The molecule has 0 aliphatic carbocycles. The van der Waals surface area contributed by atoms with Gasteiger partial charge < -0.3 is 15.0 Å². The lowest BCUT2D eigenvalue weighted by atomic mass is 9.95. The molecular formula is C27H30ClN5O2. The summed E-state index contributed by atoms with van der Waals surface area (Å²) >= 11 is 5.99. The number of nitrogens with zero attached hydrogens (tertiary/aromatic N) is 4. The zero-order valence-corrected chi connectivity index (χ0v) is 20.5. The lowest BCUT2D eigenvalue weighted by molar-refractivity contribution is 0.0243. The Morgan fingerprint density at radius 2 is 1.69 bits per heavy atom. The first-order chi connectivity index (χ1) is 17.1. The van der Waals surface area contributed by atoms with Crippen molar-refractivity contribution in [3.63, 3.8) is 0 Å². The minimum absolute atomic E-state index is 0.0994.